The Kier molecular flexibility index (Phi) is 7.14. The Labute approximate surface area is 218 Å². The number of sulfonamides is 1. The number of amides is 1. The van der Waals surface area contributed by atoms with Crippen LogP contribution in [0.2, 0.25) is 0 Å². The summed E-state index contributed by atoms with van der Waals surface area (Å²) >= 11 is 0. The predicted molar refractivity (Wildman–Crippen MR) is 142 cm³/mol. The lowest BCUT2D eigenvalue weighted by molar-refractivity contribution is 0.0959. The van der Waals surface area contributed by atoms with Crippen LogP contribution >= 0.6 is 0 Å². The van der Waals surface area contributed by atoms with Gasteiger partial charge in [-0.2, -0.15) is 5.10 Å². The van der Waals surface area contributed by atoms with Gasteiger partial charge in [-0.3, -0.25) is 14.2 Å². The fraction of sp³-hybridized carbons (Fsp3) is 0.240. The molecule has 0 saturated heterocycles. The molecule has 0 bridgehead atoms. The van der Waals surface area contributed by atoms with Crippen molar-refractivity contribution in [2.75, 3.05) is 30.0 Å². The van der Waals surface area contributed by atoms with Gasteiger partial charge in [0.25, 0.3) is 5.91 Å². The van der Waals surface area contributed by atoms with Crippen LogP contribution in [-0.4, -0.2) is 60.1 Å². The zero-order valence-electron chi connectivity index (χ0n) is 21.1. The number of carbonyl (C=O) groups is 1. The van der Waals surface area contributed by atoms with Crippen molar-refractivity contribution >= 4 is 38.3 Å². The fourth-order valence-electron chi connectivity index (χ4n) is 4.08. The molecule has 0 fully saturated rings. The molecule has 1 amide bonds. The number of anilines is 2. The number of halogens is 1. The molecule has 200 valence electrons. The summed E-state index contributed by atoms with van der Waals surface area (Å²) in [5.41, 5.74) is 2.77. The number of rotatable bonds is 8. The van der Waals surface area contributed by atoms with E-state index in [-0.39, 0.29) is 29.5 Å². The highest BCUT2D eigenvalue weighted by Gasteiger charge is 2.22. The SMILES string of the molecule is CCc1cc(O)c(F)cc1-c1cc2[nH]nc(C(=O)NC)c2c(NCc2ccc(O)cc2N(C)S(C)(=O)=O)n1. The number of fused-ring (bicyclic) bond motifs is 1. The van der Waals surface area contributed by atoms with Crippen LogP contribution in [0.15, 0.2) is 36.4 Å². The first-order chi connectivity index (χ1) is 17.9. The van der Waals surface area contributed by atoms with Crippen LogP contribution in [0.3, 0.4) is 0 Å². The molecule has 11 nitrogen and oxygen atoms in total. The molecule has 5 N–H and O–H groups in total. The summed E-state index contributed by atoms with van der Waals surface area (Å²) in [6, 6.07) is 8.50. The van der Waals surface area contributed by atoms with E-state index in [0.29, 0.717) is 39.7 Å². The van der Waals surface area contributed by atoms with Crippen LogP contribution in [0.4, 0.5) is 15.9 Å². The highest BCUT2D eigenvalue weighted by Crippen LogP contribution is 2.34. The van der Waals surface area contributed by atoms with Gasteiger partial charge in [-0.25, -0.2) is 17.8 Å². The number of aromatic nitrogens is 3. The van der Waals surface area contributed by atoms with Gasteiger partial charge < -0.3 is 20.8 Å². The monoisotopic (exact) mass is 542 g/mol. The number of aryl methyl sites for hydroxylation is 1. The normalized spacial score (nSPS) is 11.5. The molecule has 2 aromatic heterocycles. The molecular formula is C25H27FN6O5S. The van der Waals surface area contributed by atoms with Crippen LogP contribution in [0, 0.1) is 5.82 Å². The van der Waals surface area contributed by atoms with Gasteiger partial charge in [-0.1, -0.05) is 13.0 Å². The van der Waals surface area contributed by atoms with Crippen LogP contribution in [0.25, 0.3) is 22.2 Å². The van der Waals surface area contributed by atoms with E-state index < -0.39 is 27.5 Å². The molecule has 4 aromatic rings. The number of phenols is 2. The number of aromatic hydroxyl groups is 2. The smallest absolute Gasteiger partial charge is 0.272 e. The zero-order valence-corrected chi connectivity index (χ0v) is 21.9. The summed E-state index contributed by atoms with van der Waals surface area (Å²) in [6.07, 6.45) is 1.54. The number of phenolic OH excluding ortho intramolecular Hbond substituents is 2. The van der Waals surface area contributed by atoms with E-state index in [2.05, 4.69) is 25.8 Å². The second kappa shape index (κ2) is 10.2. The number of aromatic amines is 1. The summed E-state index contributed by atoms with van der Waals surface area (Å²) in [4.78, 5) is 17.2. The third-order valence-electron chi connectivity index (χ3n) is 6.17. The molecule has 2 heterocycles. The van der Waals surface area contributed by atoms with Gasteiger partial charge in [0.1, 0.15) is 11.6 Å². The molecule has 0 aliphatic carbocycles. The summed E-state index contributed by atoms with van der Waals surface area (Å²) in [6.45, 7) is 1.92. The van der Waals surface area contributed by atoms with Crippen LogP contribution in [0.5, 0.6) is 11.5 Å². The molecule has 0 aliphatic rings. The minimum Gasteiger partial charge on any atom is -0.508 e. The maximum atomic E-state index is 14.3. The van der Waals surface area contributed by atoms with E-state index >= 15 is 0 Å². The van der Waals surface area contributed by atoms with Crippen molar-refractivity contribution in [1.82, 2.24) is 20.5 Å². The topological polar surface area (TPSA) is 161 Å². The van der Waals surface area contributed by atoms with E-state index in [1.165, 1.54) is 38.4 Å². The second-order valence-corrected chi connectivity index (χ2v) is 10.7. The Morgan fingerprint density at radius 2 is 1.89 bits per heavy atom. The van der Waals surface area contributed by atoms with Gasteiger partial charge in [0.2, 0.25) is 10.0 Å². The Bertz CT molecular complexity index is 1650. The lowest BCUT2D eigenvalue weighted by Gasteiger charge is -2.21. The van der Waals surface area contributed by atoms with E-state index in [9.17, 15) is 27.8 Å². The van der Waals surface area contributed by atoms with Crippen LogP contribution in [-0.2, 0) is 23.0 Å². The van der Waals surface area contributed by atoms with Gasteiger partial charge in [0.15, 0.2) is 17.3 Å². The number of H-pyrrole nitrogens is 1. The van der Waals surface area contributed by atoms with Gasteiger partial charge in [0, 0.05) is 32.3 Å². The summed E-state index contributed by atoms with van der Waals surface area (Å²) in [5.74, 6) is -1.60. The van der Waals surface area contributed by atoms with Crippen molar-refractivity contribution in [3.05, 3.63) is 59.0 Å². The third-order valence-corrected chi connectivity index (χ3v) is 7.36. The van der Waals surface area contributed by atoms with Gasteiger partial charge in [-0.05, 0) is 41.8 Å². The van der Waals surface area contributed by atoms with Crippen molar-refractivity contribution in [3.63, 3.8) is 0 Å². The Morgan fingerprint density at radius 1 is 1.16 bits per heavy atom. The first kappa shape index (κ1) is 26.7. The molecule has 0 atom stereocenters. The van der Waals surface area contributed by atoms with Crippen molar-refractivity contribution in [1.29, 1.82) is 0 Å². The molecule has 38 heavy (non-hydrogen) atoms. The molecule has 0 saturated carbocycles. The fourth-order valence-corrected chi connectivity index (χ4v) is 4.61. The van der Waals surface area contributed by atoms with E-state index in [1.54, 1.807) is 12.1 Å². The highest BCUT2D eigenvalue weighted by atomic mass is 32.2. The lowest BCUT2D eigenvalue weighted by atomic mass is 10.0. The first-order valence-electron chi connectivity index (χ1n) is 11.6. The molecule has 0 unspecified atom stereocenters. The molecule has 0 radical (unpaired) electrons. The van der Waals surface area contributed by atoms with Crippen molar-refractivity contribution in [2.24, 2.45) is 0 Å². The predicted octanol–water partition coefficient (Wildman–Crippen LogP) is 3.11. The number of carbonyl (C=O) groups excluding carboxylic acids is 1. The standard InChI is InChI=1S/C25H27FN6O5S/c1-5-13-8-21(34)17(26)10-16(13)18-11-19-22(23(31-30-19)25(35)27-2)24(29-18)28-12-14-6-7-15(33)9-20(14)32(3)38(4,36)37/h6-11,33-34H,5,12H2,1-4H3,(H,27,35)(H,28,29)(H,30,31). The van der Waals surface area contributed by atoms with E-state index in [0.717, 1.165) is 10.6 Å². The lowest BCUT2D eigenvalue weighted by Crippen LogP contribution is -2.26. The average Bonchev–Trinajstić information content (AvgIpc) is 3.31. The Hall–Kier alpha value is -4.39. The average molecular weight is 543 g/mol. The summed E-state index contributed by atoms with van der Waals surface area (Å²) in [7, 11) is -0.791. The molecular weight excluding hydrogens is 515 g/mol. The molecule has 0 aliphatic heterocycles. The number of nitrogens with zero attached hydrogens (tertiary/aromatic N) is 3. The quantitative estimate of drug-likeness (QED) is 0.227. The second-order valence-electron chi connectivity index (χ2n) is 8.64. The van der Waals surface area contributed by atoms with E-state index in [4.69, 9.17) is 0 Å². The number of hydrogen-bond donors (Lipinski definition) is 5. The molecule has 2 aromatic carbocycles. The third kappa shape index (κ3) is 5.05. The van der Waals surface area contributed by atoms with Crippen molar-refractivity contribution in [3.8, 4) is 22.8 Å². The first-order valence-corrected chi connectivity index (χ1v) is 13.4. The highest BCUT2D eigenvalue weighted by molar-refractivity contribution is 7.92. The van der Waals surface area contributed by atoms with Crippen molar-refractivity contribution in [2.45, 2.75) is 19.9 Å². The summed E-state index contributed by atoms with van der Waals surface area (Å²) < 4.78 is 39.7. The summed E-state index contributed by atoms with van der Waals surface area (Å²) in [5, 5.41) is 32.8. The van der Waals surface area contributed by atoms with Gasteiger partial charge >= 0.3 is 0 Å². The van der Waals surface area contributed by atoms with Gasteiger partial charge in [-0.15, -0.1) is 0 Å². The number of pyridine rings is 1. The maximum Gasteiger partial charge on any atom is 0.272 e. The maximum absolute atomic E-state index is 14.3. The molecule has 4 rings (SSSR count). The Balaban J connectivity index is 1.86. The van der Waals surface area contributed by atoms with Crippen LogP contribution < -0.4 is 14.9 Å². The largest absolute Gasteiger partial charge is 0.508 e. The minimum atomic E-state index is -3.63. The van der Waals surface area contributed by atoms with Gasteiger partial charge in [0.05, 0.1) is 28.5 Å². The number of nitrogens with one attached hydrogen (secondary N) is 3. The zero-order chi connectivity index (χ0) is 27.8. The van der Waals surface area contributed by atoms with Crippen LogP contribution in [0.1, 0.15) is 28.5 Å². The molecule has 13 heteroatoms. The van der Waals surface area contributed by atoms with E-state index in [1.807, 2.05) is 6.92 Å². The Morgan fingerprint density at radius 3 is 2.55 bits per heavy atom. The molecule has 0 spiro atoms. The van der Waals surface area contributed by atoms with Crippen molar-refractivity contribution < 1.29 is 27.8 Å². The number of benzene rings is 2. The minimum absolute atomic E-state index is 0.0595. The number of hydrogen-bond acceptors (Lipinski definition) is 8.